The molecule has 1 heterocycles. The molecule has 1 aromatic carbocycles. The Morgan fingerprint density at radius 3 is 2.67 bits per heavy atom. The third-order valence-corrected chi connectivity index (χ3v) is 3.88. The molecule has 0 bridgehead atoms. The summed E-state index contributed by atoms with van der Waals surface area (Å²) in [4.78, 5) is 4.29. The Morgan fingerprint density at radius 2 is 2.06 bits per heavy atom. The third-order valence-electron chi connectivity index (χ3n) is 2.23. The van der Waals surface area contributed by atoms with Crippen molar-refractivity contribution in [3.63, 3.8) is 0 Å². The molecule has 0 spiro atoms. The van der Waals surface area contributed by atoms with Gasteiger partial charge in [0.2, 0.25) is 0 Å². The molecule has 0 amide bonds. The van der Waals surface area contributed by atoms with Crippen molar-refractivity contribution < 1.29 is 0 Å². The molecule has 0 saturated carbocycles. The van der Waals surface area contributed by atoms with E-state index < -0.39 is 0 Å². The van der Waals surface area contributed by atoms with Crippen LogP contribution >= 0.6 is 33.9 Å². The molecule has 4 heteroatoms. The molecule has 18 heavy (non-hydrogen) atoms. The van der Waals surface area contributed by atoms with E-state index in [1.807, 2.05) is 30.5 Å². The zero-order valence-corrected chi connectivity index (χ0v) is 12.7. The van der Waals surface area contributed by atoms with Crippen LogP contribution < -0.4 is 0 Å². The Balaban J connectivity index is 2.35. The van der Waals surface area contributed by atoms with Crippen LogP contribution in [0.3, 0.4) is 0 Å². The van der Waals surface area contributed by atoms with Crippen LogP contribution in [0.4, 0.5) is 0 Å². The van der Waals surface area contributed by atoms with Gasteiger partial charge in [0, 0.05) is 15.4 Å². The van der Waals surface area contributed by atoms with Gasteiger partial charge in [-0.15, -0.1) is 11.3 Å². The number of rotatable bonds is 1. The SMILES string of the molecule is Cc1nc(C#Cc2cc(C#N)cc(CI)c2)cs1. The zero-order valence-electron chi connectivity index (χ0n) is 9.70. The molecule has 2 aromatic rings. The van der Waals surface area contributed by atoms with Gasteiger partial charge in [-0.2, -0.15) is 5.26 Å². The van der Waals surface area contributed by atoms with Crippen molar-refractivity contribution in [2.75, 3.05) is 0 Å². The lowest BCUT2D eigenvalue weighted by Gasteiger charge is -1.98. The number of aromatic nitrogens is 1. The highest BCUT2D eigenvalue weighted by molar-refractivity contribution is 14.1. The summed E-state index contributed by atoms with van der Waals surface area (Å²) in [7, 11) is 0. The molecule has 0 fully saturated rings. The number of benzene rings is 1. The van der Waals surface area contributed by atoms with Crippen LogP contribution in [0, 0.1) is 30.1 Å². The first-order valence-corrected chi connectivity index (χ1v) is 7.66. The van der Waals surface area contributed by atoms with Gasteiger partial charge >= 0.3 is 0 Å². The first-order chi connectivity index (χ1) is 8.71. The summed E-state index contributed by atoms with van der Waals surface area (Å²) in [5.41, 5.74) is 3.43. The number of alkyl halides is 1. The maximum absolute atomic E-state index is 8.96. The average Bonchev–Trinajstić information content (AvgIpc) is 2.81. The van der Waals surface area contributed by atoms with Gasteiger partial charge < -0.3 is 0 Å². The molecule has 2 rings (SSSR count). The fourth-order valence-electron chi connectivity index (χ4n) is 1.46. The zero-order chi connectivity index (χ0) is 13.0. The lowest BCUT2D eigenvalue weighted by Crippen LogP contribution is -1.85. The smallest absolute Gasteiger partial charge is 0.124 e. The number of halogens is 1. The van der Waals surface area contributed by atoms with E-state index >= 15 is 0 Å². The summed E-state index contributed by atoms with van der Waals surface area (Å²) in [5.74, 6) is 6.09. The minimum absolute atomic E-state index is 0.655. The third kappa shape index (κ3) is 3.32. The van der Waals surface area contributed by atoms with E-state index in [0.717, 1.165) is 26.3 Å². The number of hydrogen-bond donors (Lipinski definition) is 0. The largest absolute Gasteiger partial charge is 0.233 e. The monoisotopic (exact) mass is 364 g/mol. The molecule has 1 aromatic heterocycles. The Kier molecular flexibility index (Phi) is 4.35. The van der Waals surface area contributed by atoms with Crippen LogP contribution in [0.15, 0.2) is 23.6 Å². The second-order valence-corrected chi connectivity index (χ2v) is 5.49. The van der Waals surface area contributed by atoms with E-state index in [0.29, 0.717) is 5.56 Å². The van der Waals surface area contributed by atoms with Crippen molar-refractivity contribution in [3.05, 3.63) is 51.0 Å². The van der Waals surface area contributed by atoms with Crippen LogP contribution in [-0.2, 0) is 4.43 Å². The fourth-order valence-corrected chi connectivity index (χ4v) is 2.45. The molecule has 0 aliphatic heterocycles. The van der Waals surface area contributed by atoms with E-state index in [1.165, 1.54) is 0 Å². The van der Waals surface area contributed by atoms with Crippen molar-refractivity contribution in [1.29, 1.82) is 5.26 Å². The molecular weight excluding hydrogens is 355 g/mol. The van der Waals surface area contributed by atoms with Gasteiger partial charge in [0.1, 0.15) is 5.69 Å². The van der Waals surface area contributed by atoms with Gasteiger partial charge in [-0.25, -0.2) is 4.98 Å². The van der Waals surface area contributed by atoms with Gasteiger partial charge in [-0.1, -0.05) is 28.5 Å². The van der Waals surface area contributed by atoms with Crippen LogP contribution in [0.2, 0.25) is 0 Å². The standard InChI is InChI=1S/C14H9IN2S/c1-10-17-14(9-18-10)3-2-11-4-12(7-15)6-13(5-11)8-16/h4-6,9H,7H2,1H3. The lowest BCUT2D eigenvalue weighted by atomic mass is 10.1. The summed E-state index contributed by atoms with van der Waals surface area (Å²) >= 11 is 3.87. The van der Waals surface area contributed by atoms with Crippen molar-refractivity contribution >= 4 is 33.9 Å². The molecular formula is C14H9IN2S. The number of nitrogens with zero attached hydrogens (tertiary/aromatic N) is 2. The molecule has 0 N–H and O–H groups in total. The Morgan fingerprint density at radius 1 is 1.28 bits per heavy atom. The van der Waals surface area contributed by atoms with E-state index in [9.17, 15) is 0 Å². The molecule has 88 valence electrons. The van der Waals surface area contributed by atoms with Crippen molar-refractivity contribution in [2.24, 2.45) is 0 Å². The lowest BCUT2D eigenvalue weighted by molar-refractivity contribution is 1.27. The topological polar surface area (TPSA) is 36.7 Å². The van der Waals surface area contributed by atoms with E-state index in [2.05, 4.69) is 45.5 Å². The second-order valence-electron chi connectivity index (χ2n) is 3.67. The minimum Gasteiger partial charge on any atom is -0.233 e. The molecule has 0 saturated heterocycles. The van der Waals surface area contributed by atoms with Crippen LogP contribution in [0.1, 0.15) is 27.4 Å². The number of aryl methyl sites for hydroxylation is 1. The highest BCUT2D eigenvalue weighted by Gasteiger charge is 1.98. The van der Waals surface area contributed by atoms with E-state index in [1.54, 1.807) is 11.3 Å². The maximum Gasteiger partial charge on any atom is 0.124 e. The summed E-state index contributed by atoms with van der Waals surface area (Å²) < 4.78 is 0.873. The van der Waals surface area contributed by atoms with Gasteiger partial charge in [-0.05, 0) is 36.6 Å². The van der Waals surface area contributed by atoms with Gasteiger partial charge in [0.25, 0.3) is 0 Å². The Bertz CT molecular complexity index is 671. The first kappa shape index (κ1) is 13.1. The molecule has 0 aliphatic carbocycles. The summed E-state index contributed by atoms with van der Waals surface area (Å²) in [6.07, 6.45) is 0. The number of hydrogen-bond acceptors (Lipinski definition) is 3. The predicted molar refractivity (Wildman–Crippen MR) is 81.7 cm³/mol. The van der Waals surface area contributed by atoms with Gasteiger partial charge in [-0.3, -0.25) is 0 Å². The summed E-state index contributed by atoms with van der Waals surface area (Å²) in [5, 5.41) is 11.9. The van der Waals surface area contributed by atoms with Crippen molar-refractivity contribution in [1.82, 2.24) is 4.98 Å². The fraction of sp³-hybridized carbons (Fsp3) is 0.143. The predicted octanol–water partition coefficient (Wildman–Crippen LogP) is 3.66. The van der Waals surface area contributed by atoms with E-state index in [4.69, 9.17) is 5.26 Å². The Labute approximate surface area is 124 Å². The summed E-state index contributed by atoms with van der Waals surface area (Å²) in [6.45, 7) is 1.96. The first-order valence-electron chi connectivity index (χ1n) is 5.25. The molecule has 0 aliphatic rings. The second kappa shape index (κ2) is 5.99. The highest BCUT2D eigenvalue weighted by Crippen LogP contribution is 2.13. The molecule has 0 unspecified atom stereocenters. The maximum atomic E-state index is 8.96. The number of nitriles is 1. The normalized spacial score (nSPS) is 9.39. The van der Waals surface area contributed by atoms with E-state index in [-0.39, 0.29) is 0 Å². The number of thiazole rings is 1. The van der Waals surface area contributed by atoms with Gasteiger partial charge in [0.15, 0.2) is 0 Å². The molecule has 0 radical (unpaired) electrons. The quantitative estimate of drug-likeness (QED) is 0.440. The van der Waals surface area contributed by atoms with Gasteiger partial charge in [0.05, 0.1) is 16.6 Å². The summed E-state index contributed by atoms with van der Waals surface area (Å²) in [6, 6.07) is 7.87. The molecule has 0 atom stereocenters. The Hall–Kier alpha value is -1.37. The average molecular weight is 364 g/mol. The van der Waals surface area contributed by atoms with Crippen molar-refractivity contribution in [3.8, 4) is 17.9 Å². The highest BCUT2D eigenvalue weighted by atomic mass is 127. The van der Waals surface area contributed by atoms with Crippen LogP contribution in [0.5, 0.6) is 0 Å². The minimum atomic E-state index is 0.655. The van der Waals surface area contributed by atoms with Crippen molar-refractivity contribution in [2.45, 2.75) is 11.4 Å². The molecule has 2 nitrogen and oxygen atoms in total. The van der Waals surface area contributed by atoms with Crippen LogP contribution in [-0.4, -0.2) is 4.98 Å². The van der Waals surface area contributed by atoms with Crippen LogP contribution in [0.25, 0.3) is 0 Å².